The van der Waals surface area contributed by atoms with Gasteiger partial charge < -0.3 is 14.9 Å². The molecule has 2 fully saturated rings. The molecule has 2 heterocycles. The molecule has 6 nitrogen and oxygen atoms in total. The average Bonchev–Trinajstić information content (AvgIpc) is 2.90. The number of aromatic nitrogens is 1. The van der Waals surface area contributed by atoms with E-state index in [2.05, 4.69) is 9.88 Å². The van der Waals surface area contributed by atoms with Crippen LogP contribution in [-0.4, -0.2) is 52.3 Å². The van der Waals surface area contributed by atoms with E-state index in [4.69, 9.17) is 4.74 Å². The standard InChI is InChI=1S/C30H34F2N2O4/c1-38-23-4-6-28-25(16-23)24(8-10-33-28)29(35)7-2-19-9-11-34(17-26(19)30(36)37)22-13-18(14-22)12-20-15-21(31)3-5-27(20)32/h3-6,8,10,15-16,18-19,22,26,29,35H,2,7,9,11-14,17H2,1H3,(H,36,37)/t18?,19-,22?,26+,29?/m1/s1. The van der Waals surface area contributed by atoms with Crippen molar-refractivity contribution in [2.24, 2.45) is 17.8 Å². The lowest BCUT2D eigenvalue weighted by molar-refractivity contribution is -0.147. The molecule has 5 rings (SSSR count). The third-order valence-electron chi connectivity index (χ3n) is 8.50. The second-order valence-electron chi connectivity index (χ2n) is 10.8. The van der Waals surface area contributed by atoms with E-state index in [-0.39, 0.29) is 23.7 Å². The van der Waals surface area contributed by atoms with Crippen LogP contribution in [0.2, 0.25) is 0 Å². The van der Waals surface area contributed by atoms with Gasteiger partial charge in [-0.1, -0.05) is 0 Å². The number of nitrogens with zero attached hydrogens (tertiary/aromatic N) is 2. The molecular formula is C30H34F2N2O4. The Morgan fingerprint density at radius 3 is 2.76 bits per heavy atom. The topological polar surface area (TPSA) is 82.9 Å². The first-order valence-corrected chi connectivity index (χ1v) is 13.3. The van der Waals surface area contributed by atoms with E-state index in [1.54, 1.807) is 13.3 Å². The molecule has 1 aliphatic carbocycles. The Morgan fingerprint density at radius 2 is 2.00 bits per heavy atom. The van der Waals surface area contributed by atoms with Crippen LogP contribution in [0.4, 0.5) is 8.78 Å². The summed E-state index contributed by atoms with van der Waals surface area (Å²) in [6.07, 6.45) is 5.03. The molecule has 2 aromatic carbocycles. The van der Waals surface area contributed by atoms with Crippen molar-refractivity contribution in [3.63, 3.8) is 0 Å². The van der Waals surface area contributed by atoms with Gasteiger partial charge in [-0.05, 0) is 110 Å². The lowest BCUT2D eigenvalue weighted by atomic mass is 9.73. The Bertz CT molecular complexity index is 1300. The van der Waals surface area contributed by atoms with Crippen LogP contribution < -0.4 is 4.74 Å². The minimum atomic E-state index is -0.800. The second-order valence-corrected chi connectivity index (χ2v) is 10.8. The number of aliphatic carboxylic acids is 1. The monoisotopic (exact) mass is 524 g/mol. The van der Waals surface area contributed by atoms with Crippen LogP contribution in [0.15, 0.2) is 48.7 Å². The maximum atomic E-state index is 14.0. The Balaban J connectivity index is 1.16. The van der Waals surface area contributed by atoms with Crippen molar-refractivity contribution in [3.8, 4) is 5.75 Å². The highest BCUT2D eigenvalue weighted by Gasteiger charge is 2.41. The second kappa shape index (κ2) is 11.3. The Labute approximate surface area is 221 Å². The van der Waals surface area contributed by atoms with Gasteiger partial charge in [0, 0.05) is 24.2 Å². The van der Waals surface area contributed by atoms with Gasteiger partial charge in [0.1, 0.15) is 17.4 Å². The molecule has 38 heavy (non-hydrogen) atoms. The first-order chi connectivity index (χ1) is 18.3. The number of ether oxygens (including phenoxy) is 1. The van der Waals surface area contributed by atoms with Gasteiger partial charge in [-0.3, -0.25) is 14.7 Å². The number of carboxylic acid groups (broad SMARTS) is 1. The number of piperidine rings is 1. The molecule has 2 aliphatic rings. The fraction of sp³-hybridized carbons (Fsp3) is 0.467. The number of rotatable bonds is 9. The number of halogens is 2. The third kappa shape index (κ3) is 5.66. The normalized spacial score (nSPS) is 24.6. The minimum absolute atomic E-state index is 0.0155. The van der Waals surface area contributed by atoms with Crippen LogP contribution in [0.25, 0.3) is 10.9 Å². The zero-order valence-electron chi connectivity index (χ0n) is 21.5. The summed E-state index contributed by atoms with van der Waals surface area (Å²) in [6.45, 7) is 1.29. The zero-order valence-corrected chi connectivity index (χ0v) is 21.5. The number of aliphatic hydroxyl groups excluding tert-OH is 1. The van der Waals surface area contributed by atoms with Crippen molar-refractivity contribution in [2.45, 2.75) is 50.7 Å². The van der Waals surface area contributed by atoms with Crippen molar-refractivity contribution in [1.82, 2.24) is 9.88 Å². The van der Waals surface area contributed by atoms with Crippen molar-refractivity contribution in [2.75, 3.05) is 20.2 Å². The Hall–Kier alpha value is -3.10. The molecule has 202 valence electrons. The fourth-order valence-corrected chi connectivity index (χ4v) is 6.25. The maximum absolute atomic E-state index is 14.0. The van der Waals surface area contributed by atoms with E-state index < -0.39 is 23.8 Å². The number of likely N-dealkylation sites (tertiary alicyclic amines) is 1. The highest BCUT2D eigenvalue weighted by Crippen LogP contribution is 2.39. The van der Waals surface area contributed by atoms with E-state index >= 15 is 0 Å². The van der Waals surface area contributed by atoms with E-state index in [1.807, 2.05) is 24.3 Å². The smallest absolute Gasteiger partial charge is 0.308 e. The summed E-state index contributed by atoms with van der Waals surface area (Å²) < 4.78 is 32.8. The highest BCUT2D eigenvalue weighted by molar-refractivity contribution is 5.83. The number of hydrogen-bond donors (Lipinski definition) is 2. The highest BCUT2D eigenvalue weighted by atomic mass is 19.1. The van der Waals surface area contributed by atoms with Crippen LogP contribution in [0.1, 0.15) is 49.3 Å². The first kappa shape index (κ1) is 26.5. The third-order valence-corrected chi connectivity index (χ3v) is 8.50. The quantitative estimate of drug-likeness (QED) is 0.391. The number of fused-ring (bicyclic) bond motifs is 1. The summed E-state index contributed by atoms with van der Waals surface area (Å²) in [6, 6.07) is 11.2. The van der Waals surface area contributed by atoms with E-state index in [0.717, 1.165) is 48.3 Å². The zero-order chi connectivity index (χ0) is 26.8. The van der Waals surface area contributed by atoms with Crippen molar-refractivity contribution >= 4 is 16.9 Å². The molecule has 3 atom stereocenters. The molecule has 0 bridgehead atoms. The van der Waals surface area contributed by atoms with Crippen molar-refractivity contribution < 1.29 is 28.5 Å². The SMILES string of the molecule is COc1ccc2nccc(C(O)CC[C@@H]3CCN(C4CC(Cc5cc(F)ccc5F)C4)C[C@@H]3C(=O)O)c2c1. The average molecular weight is 525 g/mol. The van der Waals surface area contributed by atoms with Crippen LogP contribution in [0, 0.1) is 29.4 Å². The summed E-state index contributed by atoms with van der Waals surface area (Å²) >= 11 is 0. The summed E-state index contributed by atoms with van der Waals surface area (Å²) in [5, 5.41) is 21.9. The molecule has 8 heteroatoms. The largest absolute Gasteiger partial charge is 0.497 e. The summed E-state index contributed by atoms with van der Waals surface area (Å²) in [5.41, 5.74) is 1.96. The number of carbonyl (C=O) groups is 1. The molecule has 3 aromatic rings. The predicted octanol–water partition coefficient (Wildman–Crippen LogP) is 5.38. The van der Waals surface area contributed by atoms with Gasteiger partial charge in [-0.25, -0.2) is 8.78 Å². The van der Waals surface area contributed by atoms with E-state index in [9.17, 15) is 23.8 Å². The molecule has 1 aliphatic heterocycles. The lowest BCUT2D eigenvalue weighted by Gasteiger charge is -2.47. The molecule has 1 saturated carbocycles. The van der Waals surface area contributed by atoms with Gasteiger partial charge in [0.05, 0.1) is 24.6 Å². The number of carboxylic acids is 1. The number of aliphatic hydroxyl groups is 1. The molecular weight excluding hydrogens is 490 g/mol. The predicted molar refractivity (Wildman–Crippen MR) is 140 cm³/mol. The maximum Gasteiger partial charge on any atom is 0.308 e. The van der Waals surface area contributed by atoms with Gasteiger partial charge in [-0.15, -0.1) is 0 Å². The van der Waals surface area contributed by atoms with Crippen LogP contribution >= 0.6 is 0 Å². The number of methoxy groups -OCH3 is 1. The summed E-state index contributed by atoms with van der Waals surface area (Å²) in [7, 11) is 1.60. The van der Waals surface area contributed by atoms with Crippen LogP contribution in [0.5, 0.6) is 5.75 Å². The lowest BCUT2D eigenvalue weighted by Crippen LogP contribution is -2.52. The molecule has 1 unspecified atom stereocenters. The van der Waals surface area contributed by atoms with Gasteiger partial charge in [-0.2, -0.15) is 0 Å². The van der Waals surface area contributed by atoms with Crippen molar-refractivity contribution in [3.05, 3.63) is 71.4 Å². The number of pyridine rings is 1. The summed E-state index contributed by atoms with van der Waals surface area (Å²) in [4.78, 5) is 18.8. The fourth-order valence-electron chi connectivity index (χ4n) is 6.25. The van der Waals surface area contributed by atoms with Gasteiger partial charge in [0.25, 0.3) is 0 Å². The molecule has 0 amide bonds. The van der Waals surface area contributed by atoms with E-state index in [1.165, 1.54) is 12.1 Å². The number of benzene rings is 2. The van der Waals surface area contributed by atoms with Gasteiger partial charge in [0.2, 0.25) is 0 Å². The van der Waals surface area contributed by atoms with E-state index in [0.29, 0.717) is 37.1 Å². The van der Waals surface area contributed by atoms with Crippen LogP contribution in [-0.2, 0) is 11.2 Å². The van der Waals surface area contributed by atoms with Crippen LogP contribution in [0.3, 0.4) is 0 Å². The minimum Gasteiger partial charge on any atom is -0.497 e. The van der Waals surface area contributed by atoms with Crippen molar-refractivity contribution in [1.29, 1.82) is 0 Å². The van der Waals surface area contributed by atoms with Gasteiger partial charge in [0.15, 0.2) is 0 Å². The Kier molecular flexibility index (Phi) is 7.91. The first-order valence-electron chi connectivity index (χ1n) is 13.3. The molecule has 2 N–H and O–H groups in total. The number of hydrogen-bond acceptors (Lipinski definition) is 5. The molecule has 0 spiro atoms. The Morgan fingerprint density at radius 1 is 1.18 bits per heavy atom. The van der Waals surface area contributed by atoms with Gasteiger partial charge >= 0.3 is 5.97 Å². The molecule has 0 radical (unpaired) electrons. The molecule has 1 saturated heterocycles. The molecule has 1 aromatic heterocycles. The summed E-state index contributed by atoms with van der Waals surface area (Å²) in [5.74, 6) is -1.14.